The third-order valence-corrected chi connectivity index (χ3v) is 4.92. The number of hydrogen-bond donors (Lipinski definition) is 2. The largest absolute Gasteiger partial charge is 0.337 e. The number of nitrogens with zero attached hydrogens (tertiary/aromatic N) is 4. The molecule has 7 nitrogen and oxygen atoms in total. The van der Waals surface area contributed by atoms with Crippen molar-refractivity contribution in [3.8, 4) is 11.6 Å². The summed E-state index contributed by atoms with van der Waals surface area (Å²) in [6, 6.07) is 0.0242. The Balaban J connectivity index is 1.71. The molecule has 0 aliphatic heterocycles. The van der Waals surface area contributed by atoms with Crippen LogP contribution in [0.1, 0.15) is 52.5 Å². The number of aromatic nitrogens is 5. The zero-order chi connectivity index (χ0) is 17.1. The lowest BCUT2D eigenvalue weighted by Crippen LogP contribution is -2.34. The van der Waals surface area contributed by atoms with Crippen LogP contribution in [0, 0.1) is 17.8 Å². The van der Waals surface area contributed by atoms with E-state index in [4.69, 9.17) is 4.52 Å². The third kappa shape index (κ3) is 3.56. The van der Waals surface area contributed by atoms with E-state index in [1.54, 1.807) is 0 Å². The summed E-state index contributed by atoms with van der Waals surface area (Å²) in [4.78, 5) is 8.55. The van der Waals surface area contributed by atoms with E-state index in [1.165, 1.54) is 24.7 Å². The van der Waals surface area contributed by atoms with Crippen molar-refractivity contribution in [2.24, 2.45) is 17.8 Å². The van der Waals surface area contributed by atoms with Crippen molar-refractivity contribution >= 4 is 0 Å². The molecule has 0 bridgehead atoms. The molecule has 2 heterocycles. The van der Waals surface area contributed by atoms with Crippen molar-refractivity contribution in [1.29, 1.82) is 0 Å². The molecule has 0 spiro atoms. The van der Waals surface area contributed by atoms with Gasteiger partial charge in [0.05, 0.1) is 6.04 Å². The van der Waals surface area contributed by atoms with Crippen molar-refractivity contribution < 1.29 is 4.52 Å². The minimum absolute atomic E-state index is 0.0242. The minimum Gasteiger partial charge on any atom is -0.337 e. The first-order valence-corrected chi connectivity index (χ1v) is 8.65. The predicted molar refractivity (Wildman–Crippen MR) is 90.9 cm³/mol. The second kappa shape index (κ2) is 7.25. The average molecular weight is 330 g/mol. The Morgan fingerprint density at radius 3 is 2.92 bits per heavy atom. The topological polar surface area (TPSA) is 92.5 Å². The Labute approximate surface area is 142 Å². The van der Waals surface area contributed by atoms with Crippen LogP contribution in [0.4, 0.5) is 0 Å². The van der Waals surface area contributed by atoms with E-state index in [2.05, 4.69) is 64.4 Å². The van der Waals surface area contributed by atoms with E-state index >= 15 is 0 Å². The summed E-state index contributed by atoms with van der Waals surface area (Å²) in [5.74, 6) is 3.17. The summed E-state index contributed by atoms with van der Waals surface area (Å²) < 4.78 is 5.48. The molecule has 0 saturated heterocycles. The number of rotatable bonds is 6. The van der Waals surface area contributed by atoms with E-state index < -0.39 is 0 Å². The summed E-state index contributed by atoms with van der Waals surface area (Å²) in [6.45, 7) is 9.81. The lowest BCUT2D eigenvalue weighted by Gasteiger charge is -2.31. The summed E-state index contributed by atoms with van der Waals surface area (Å²) >= 11 is 0. The predicted octanol–water partition coefficient (Wildman–Crippen LogP) is 3.13. The summed E-state index contributed by atoms with van der Waals surface area (Å²) in [5, 5.41) is 14.2. The fourth-order valence-electron chi connectivity index (χ4n) is 3.37. The fraction of sp³-hybridized carbons (Fsp3) is 0.647. The molecule has 1 aliphatic rings. The first-order valence-electron chi connectivity index (χ1n) is 8.65. The molecule has 3 rings (SSSR count). The van der Waals surface area contributed by atoms with Crippen molar-refractivity contribution in [3.63, 3.8) is 0 Å². The van der Waals surface area contributed by atoms with Crippen LogP contribution in [0.5, 0.6) is 0 Å². The molecule has 0 radical (unpaired) electrons. The summed E-state index contributed by atoms with van der Waals surface area (Å²) in [5.41, 5.74) is 1.48. The van der Waals surface area contributed by atoms with Gasteiger partial charge in [0.1, 0.15) is 6.33 Å². The van der Waals surface area contributed by atoms with Crippen LogP contribution in [-0.4, -0.2) is 31.9 Å². The van der Waals surface area contributed by atoms with Crippen molar-refractivity contribution in [2.75, 3.05) is 6.54 Å². The molecule has 24 heavy (non-hydrogen) atoms. The first-order chi connectivity index (χ1) is 11.6. The van der Waals surface area contributed by atoms with Crippen LogP contribution in [-0.2, 0) is 0 Å². The first kappa shape index (κ1) is 16.8. The van der Waals surface area contributed by atoms with E-state index in [0.717, 1.165) is 6.54 Å². The highest BCUT2D eigenvalue weighted by molar-refractivity contribution is 5.39. The second-order valence-electron chi connectivity index (χ2n) is 7.03. The van der Waals surface area contributed by atoms with Crippen LogP contribution >= 0.6 is 0 Å². The zero-order valence-corrected chi connectivity index (χ0v) is 14.8. The van der Waals surface area contributed by atoms with Crippen molar-refractivity contribution in [3.05, 3.63) is 23.9 Å². The Morgan fingerprint density at radius 2 is 2.25 bits per heavy atom. The monoisotopic (exact) mass is 330 g/mol. The van der Waals surface area contributed by atoms with Gasteiger partial charge in [-0.2, -0.15) is 10.1 Å². The SMILES string of the molecule is CC1=CCC[C@H](C)[C@@H]1CN[C@H](c1nc(-c2ncn[nH]2)no1)C(C)C. The quantitative estimate of drug-likeness (QED) is 0.791. The standard InChI is InChI=1S/C17H26N6O/c1-10(2)14(18-8-13-11(3)6-5-7-12(13)4)17-21-16(23-24-17)15-19-9-20-22-15/h6,9-10,12-14,18H,5,7-8H2,1-4H3,(H,19,20,22)/t12-,13+,14-/m0/s1. The molecule has 130 valence electrons. The van der Waals surface area contributed by atoms with Gasteiger partial charge in [0.2, 0.25) is 11.7 Å². The normalized spacial score (nSPS) is 22.6. The fourth-order valence-corrected chi connectivity index (χ4v) is 3.37. The lowest BCUT2D eigenvalue weighted by atomic mass is 9.80. The number of hydrogen-bond acceptors (Lipinski definition) is 6. The van der Waals surface area contributed by atoms with Gasteiger partial charge >= 0.3 is 0 Å². The molecule has 7 heteroatoms. The van der Waals surface area contributed by atoms with E-state index in [9.17, 15) is 0 Å². The molecule has 0 amide bonds. The van der Waals surface area contributed by atoms with Crippen LogP contribution in [0.2, 0.25) is 0 Å². The molecule has 0 saturated carbocycles. The van der Waals surface area contributed by atoms with Gasteiger partial charge in [-0.1, -0.05) is 37.6 Å². The minimum atomic E-state index is 0.0242. The van der Waals surface area contributed by atoms with Crippen LogP contribution < -0.4 is 5.32 Å². The van der Waals surface area contributed by atoms with Gasteiger partial charge in [-0.15, -0.1) is 0 Å². The maximum absolute atomic E-state index is 5.48. The molecule has 3 atom stereocenters. The van der Waals surface area contributed by atoms with E-state index in [1.807, 2.05) is 0 Å². The Hall–Kier alpha value is -2.02. The molecular formula is C17H26N6O. The third-order valence-electron chi connectivity index (χ3n) is 4.92. The molecule has 0 unspecified atom stereocenters. The molecule has 2 N–H and O–H groups in total. The molecule has 2 aromatic heterocycles. The highest BCUT2D eigenvalue weighted by Gasteiger charge is 2.27. The van der Waals surface area contributed by atoms with E-state index in [0.29, 0.717) is 35.3 Å². The van der Waals surface area contributed by atoms with Crippen molar-refractivity contribution in [1.82, 2.24) is 30.6 Å². The Morgan fingerprint density at radius 1 is 1.42 bits per heavy atom. The maximum Gasteiger partial charge on any atom is 0.244 e. The van der Waals surface area contributed by atoms with Gasteiger partial charge in [0, 0.05) is 6.54 Å². The Kier molecular flexibility index (Phi) is 5.08. The second-order valence-corrected chi connectivity index (χ2v) is 7.03. The van der Waals surface area contributed by atoms with Gasteiger partial charge in [0.15, 0.2) is 5.82 Å². The molecule has 2 aromatic rings. The van der Waals surface area contributed by atoms with Crippen LogP contribution in [0.15, 0.2) is 22.5 Å². The maximum atomic E-state index is 5.48. The van der Waals surface area contributed by atoms with Crippen LogP contribution in [0.3, 0.4) is 0 Å². The lowest BCUT2D eigenvalue weighted by molar-refractivity contribution is 0.263. The molecule has 0 fully saturated rings. The summed E-state index contributed by atoms with van der Waals surface area (Å²) in [6.07, 6.45) is 6.25. The van der Waals surface area contributed by atoms with Crippen molar-refractivity contribution in [2.45, 2.75) is 46.6 Å². The zero-order valence-electron chi connectivity index (χ0n) is 14.8. The summed E-state index contributed by atoms with van der Waals surface area (Å²) in [7, 11) is 0. The van der Waals surface area contributed by atoms with Gasteiger partial charge in [-0.05, 0) is 37.5 Å². The number of allylic oxidation sites excluding steroid dienone is 1. The highest BCUT2D eigenvalue weighted by atomic mass is 16.5. The molecular weight excluding hydrogens is 304 g/mol. The number of nitrogens with one attached hydrogen (secondary N) is 2. The van der Waals surface area contributed by atoms with Gasteiger partial charge in [-0.25, -0.2) is 4.98 Å². The van der Waals surface area contributed by atoms with Gasteiger partial charge in [-0.3, -0.25) is 5.10 Å². The average Bonchev–Trinajstić information content (AvgIpc) is 3.20. The molecule has 0 aromatic carbocycles. The van der Waals surface area contributed by atoms with Crippen LogP contribution in [0.25, 0.3) is 11.6 Å². The van der Waals surface area contributed by atoms with E-state index in [-0.39, 0.29) is 6.04 Å². The number of aromatic amines is 1. The Bertz CT molecular complexity index is 675. The number of H-pyrrole nitrogens is 1. The van der Waals surface area contributed by atoms with Gasteiger partial charge < -0.3 is 9.84 Å². The highest BCUT2D eigenvalue weighted by Crippen LogP contribution is 2.31. The van der Waals surface area contributed by atoms with Gasteiger partial charge in [0.25, 0.3) is 0 Å². The molecule has 1 aliphatic carbocycles. The smallest absolute Gasteiger partial charge is 0.244 e.